The number of aromatic hydroxyl groups is 2. The molecule has 0 aliphatic rings. The summed E-state index contributed by atoms with van der Waals surface area (Å²) in [6.45, 7) is 1.73. The number of pyridine rings is 1. The van der Waals surface area contributed by atoms with E-state index in [4.69, 9.17) is 4.84 Å². The highest BCUT2D eigenvalue weighted by atomic mass is 33.1. The smallest absolute Gasteiger partial charge is 0.354 e. The van der Waals surface area contributed by atoms with Gasteiger partial charge in [-0.1, -0.05) is 47.2 Å². The van der Waals surface area contributed by atoms with Gasteiger partial charge in [0.15, 0.2) is 0 Å². The fraction of sp³-hybridized carbons (Fsp3) is 0.111. The first-order chi connectivity index (χ1) is 12.5. The SMILES string of the molecule is CC(SSc1ccccn1)(C(=O)On1c(O)ccc1O)c1ccccc1. The molecule has 3 rings (SSSR count). The number of hydrogen-bond donors (Lipinski definition) is 2. The van der Waals surface area contributed by atoms with E-state index in [1.165, 1.54) is 33.7 Å². The van der Waals surface area contributed by atoms with E-state index in [0.717, 1.165) is 10.6 Å². The van der Waals surface area contributed by atoms with Crippen molar-refractivity contribution in [3.8, 4) is 11.8 Å². The second-order valence-electron chi connectivity index (χ2n) is 5.46. The Hall–Kier alpha value is -2.58. The van der Waals surface area contributed by atoms with Crippen LogP contribution in [0.5, 0.6) is 11.8 Å². The molecule has 0 spiro atoms. The van der Waals surface area contributed by atoms with E-state index in [1.54, 1.807) is 13.1 Å². The molecule has 0 saturated carbocycles. The van der Waals surface area contributed by atoms with Crippen molar-refractivity contribution in [1.29, 1.82) is 0 Å². The molecule has 26 heavy (non-hydrogen) atoms. The molecule has 0 fully saturated rings. The van der Waals surface area contributed by atoms with Gasteiger partial charge in [0.25, 0.3) is 0 Å². The summed E-state index contributed by atoms with van der Waals surface area (Å²) >= 11 is 0. The molecule has 0 amide bonds. The van der Waals surface area contributed by atoms with Crippen LogP contribution >= 0.6 is 21.6 Å². The van der Waals surface area contributed by atoms with Crippen LogP contribution in [0.1, 0.15) is 12.5 Å². The van der Waals surface area contributed by atoms with Crippen molar-refractivity contribution >= 4 is 27.6 Å². The highest BCUT2D eigenvalue weighted by Crippen LogP contribution is 2.47. The predicted octanol–water partition coefficient (Wildman–Crippen LogP) is 3.61. The zero-order chi connectivity index (χ0) is 18.6. The standard InChI is InChI=1S/C18H16N2O4S2/c1-18(13-7-3-2-4-8-13,26-25-14-9-5-6-12-19-14)17(23)24-20-15(21)10-11-16(20)22/h2-12,21-22H,1H3. The average molecular weight is 388 g/mol. The van der Waals surface area contributed by atoms with Gasteiger partial charge in [-0.05, 0) is 35.4 Å². The molecule has 0 bridgehead atoms. The minimum Gasteiger partial charge on any atom is -0.492 e. The quantitative estimate of drug-likeness (QED) is 0.624. The van der Waals surface area contributed by atoms with Crippen LogP contribution in [-0.4, -0.2) is 25.9 Å². The summed E-state index contributed by atoms with van der Waals surface area (Å²) in [7, 11) is 2.62. The zero-order valence-corrected chi connectivity index (χ0v) is 15.4. The van der Waals surface area contributed by atoms with Crippen molar-refractivity contribution in [2.45, 2.75) is 16.7 Å². The normalized spacial score (nSPS) is 13.1. The van der Waals surface area contributed by atoms with Crippen molar-refractivity contribution in [3.63, 3.8) is 0 Å². The summed E-state index contributed by atoms with van der Waals surface area (Å²) in [6, 6.07) is 17.2. The van der Waals surface area contributed by atoms with Gasteiger partial charge in [-0.15, -0.1) is 4.73 Å². The molecule has 0 radical (unpaired) electrons. The lowest BCUT2D eigenvalue weighted by Crippen LogP contribution is -2.36. The van der Waals surface area contributed by atoms with Gasteiger partial charge in [0.05, 0.1) is 0 Å². The summed E-state index contributed by atoms with van der Waals surface area (Å²) < 4.78 is -0.415. The third kappa shape index (κ3) is 3.81. The minimum atomic E-state index is -1.10. The molecule has 3 aromatic rings. The Morgan fingerprint density at radius 2 is 1.69 bits per heavy atom. The van der Waals surface area contributed by atoms with Gasteiger partial charge in [-0.2, -0.15) is 0 Å². The van der Waals surface area contributed by atoms with Crippen LogP contribution in [0.2, 0.25) is 0 Å². The van der Waals surface area contributed by atoms with E-state index in [9.17, 15) is 15.0 Å². The van der Waals surface area contributed by atoms with Crippen molar-refractivity contribution in [3.05, 3.63) is 72.4 Å². The van der Waals surface area contributed by atoms with Crippen molar-refractivity contribution < 1.29 is 19.8 Å². The summed E-state index contributed by atoms with van der Waals surface area (Å²) in [5.41, 5.74) is 0.726. The van der Waals surface area contributed by atoms with E-state index in [0.29, 0.717) is 4.73 Å². The lowest BCUT2D eigenvalue weighted by Gasteiger charge is -2.26. The number of carbonyl (C=O) groups excluding carboxylic acids is 1. The maximum absolute atomic E-state index is 12.9. The molecule has 8 heteroatoms. The van der Waals surface area contributed by atoms with E-state index >= 15 is 0 Å². The molecule has 2 aromatic heterocycles. The van der Waals surface area contributed by atoms with Crippen molar-refractivity contribution in [2.75, 3.05) is 0 Å². The van der Waals surface area contributed by atoms with Crippen molar-refractivity contribution in [1.82, 2.24) is 9.71 Å². The highest BCUT2D eigenvalue weighted by molar-refractivity contribution is 8.77. The van der Waals surface area contributed by atoms with E-state index < -0.39 is 10.7 Å². The number of nitrogens with zero attached hydrogens (tertiary/aromatic N) is 2. The predicted molar refractivity (Wildman–Crippen MR) is 101 cm³/mol. The summed E-state index contributed by atoms with van der Waals surface area (Å²) in [5.74, 6) is -1.37. The van der Waals surface area contributed by atoms with E-state index in [1.807, 2.05) is 48.5 Å². The second kappa shape index (κ2) is 7.76. The topological polar surface area (TPSA) is 84.6 Å². The van der Waals surface area contributed by atoms with Gasteiger partial charge in [0.2, 0.25) is 11.8 Å². The van der Waals surface area contributed by atoms with Crippen LogP contribution in [-0.2, 0) is 9.54 Å². The highest BCUT2D eigenvalue weighted by Gasteiger charge is 2.40. The molecule has 0 aliphatic heterocycles. The molecular weight excluding hydrogens is 372 g/mol. The van der Waals surface area contributed by atoms with Gasteiger partial charge in [-0.25, -0.2) is 9.78 Å². The van der Waals surface area contributed by atoms with E-state index in [2.05, 4.69) is 4.98 Å². The number of hydrogen-bond acceptors (Lipinski definition) is 7. The molecule has 1 atom stereocenters. The first-order valence-corrected chi connectivity index (χ1v) is 9.80. The van der Waals surface area contributed by atoms with Crippen molar-refractivity contribution in [2.24, 2.45) is 0 Å². The molecule has 2 N–H and O–H groups in total. The van der Waals surface area contributed by atoms with Gasteiger partial charge in [0.1, 0.15) is 9.77 Å². The molecule has 0 saturated heterocycles. The lowest BCUT2D eigenvalue weighted by molar-refractivity contribution is -0.148. The maximum atomic E-state index is 12.9. The zero-order valence-electron chi connectivity index (χ0n) is 13.8. The maximum Gasteiger partial charge on any atom is 0.354 e. The summed E-state index contributed by atoms with van der Waals surface area (Å²) in [4.78, 5) is 22.4. The van der Waals surface area contributed by atoms with Gasteiger partial charge < -0.3 is 15.1 Å². The molecule has 2 heterocycles. The molecule has 1 aromatic carbocycles. The number of benzene rings is 1. The Bertz CT molecular complexity index is 867. The number of carbonyl (C=O) groups is 1. The fourth-order valence-corrected chi connectivity index (χ4v) is 4.52. The minimum absolute atomic E-state index is 0.367. The first-order valence-electron chi connectivity index (χ1n) is 7.65. The van der Waals surface area contributed by atoms with Crippen LogP contribution in [0, 0.1) is 0 Å². The number of aromatic nitrogens is 2. The van der Waals surface area contributed by atoms with Gasteiger partial charge in [0, 0.05) is 18.3 Å². The largest absolute Gasteiger partial charge is 0.492 e. The Balaban J connectivity index is 1.88. The third-order valence-electron chi connectivity index (χ3n) is 3.62. The summed E-state index contributed by atoms with van der Waals surface area (Å²) in [5, 5.41) is 20.2. The first kappa shape index (κ1) is 18.2. The van der Waals surface area contributed by atoms with Crippen LogP contribution in [0.3, 0.4) is 0 Å². The number of rotatable bonds is 6. The van der Waals surface area contributed by atoms with Crippen LogP contribution in [0.15, 0.2) is 71.9 Å². The van der Waals surface area contributed by atoms with Crippen LogP contribution < -0.4 is 4.84 Å². The Morgan fingerprint density at radius 3 is 2.31 bits per heavy atom. The molecule has 1 unspecified atom stereocenters. The molecule has 0 aliphatic carbocycles. The Kier molecular flexibility index (Phi) is 5.43. The second-order valence-corrected chi connectivity index (χ2v) is 8.02. The van der Waals surface area contributed by atoms with E-state index in [-0.39, 0.29) is 11.8 Å². The molecular formula is C18H16N2O4S2. The van der Waals surface area contributed by atoms with Gasteiger partial charge in [-0.3, -0.25) is 0 Å². The average Bonchev–Trinajstić information content (AvgIpc) is 2.99. The Morgan fingerprint density at radius 1 is 1.04 bits per heavy atom. The third-order valence-corrected chi connectivity index (χ3v) is 6.61. The summed E-state index contributed by atoms with van der Waals surface area (Å²) in [6.07, 6.45) is 1.68. The monoisotopic (exact) mass is 388 g/mol. The Labute approximate surface area is 158 Å². The molecule has 134 valence electrons. The van der Waals surface area contributed by atoms with Crippen LogP contribution in [0.25, 0.3) is 0 Å². The van der Waals surface area contributed by atoms with Crippen LogP contribution in [0.4, 0.5) is 0 Å². The van der Waals surface area contributed by atoms with Gasteiger partial charge >= 0.3 is 5.97 Å². The molecule has 6 nitrogen and oxygen atoms in total. The lowest BCUT2D eigenvalue weighted by atomic mass is 10.0. The fourth-order valence-electron chi connectivity index (χ4n) is 2.14.